The molecule has 7 nitrogen and oxygen atoms in total. The van der Waals surface area contributed by atoms with E-state index >= 15 is 0 Å². The highest BCUT2D eigenvalue weighted by Gasteiger charge is 2.70. The topological polar surface area (TPSA) is 118 Å². The van der Waals surface area contributed by atoms with Crippen molar-refractivity contribution in [2.45, 2.75) is 125 Å². The SMILES string of the molecule is CC1(C)C(OC(=O)CCC(=O)O)CC[C@]2(C)C1CC[C@@]1(C)C2C(=O)C=C2[C@@H]3C[C@@](C)(C(=O)O)CC[C@]3(C)CCC21C. The Balaban J connectivity index is 1.49. The van der Waals surface area contributed by atoms with E-state index in [1.54, 1.807) is 0 Å². The summed E-state index contributed by atoms with van der Waals surface area (Å²) in [4.78, 5) is 50.3. The van der Waals surface area contributed by atoms with Crippen LogP contribution in [-0.4, -0.2) is 40.0 Å². The first-order valence-corrected chi connectivity index (χ1v) is 15.7. The van der Waals surface area contributed by atoms with Crippen LogP contribution in [0.4, 0.5) is 0 Å². The molecule has 0 aromatic heterocycles. The van der Waals surface area contributed by atoms with Gasteiger partial charge in [-0.2, -0.15) is 0 Å². The first-order chi connectivity index (χ1) is 18.8. The van der Waals surface area contributed by atoms with Crippen LogP contribution in [0.2, 0.25) is 0 Å². The van der Waals surface area contributed by atoms with Crippen LogP contribution in [0.5, 0.6) is 0 Å². The third-order valence-electron chi connectivity index (χ3n) is 13.8. The Hall–Kier alpha value is -2.18. The molecule has 0 heterocycles. The molecule has 0 radical (unpaired) electrons. The second-order valence-corrected chi connectivity index (χ2v) is 16.3. The maximum absolute atomic E-state index is 14.5. The van der Waals surface area contributed by atoms with Gasteiger partial charge in [-0.1, -0.05) is 47.1 Å². The van der Waals surface area contributed by atoms with Crippen LogP contribution in [0, 0.1) is 50.2 Å². The van der Waals surface area contributed by atoms with Crippen molar-refractivity contribution in [1.82, 2.24) is 0 Å². The smallest absolute Gasteiger partial charge is 0.309 e. The summed E-state index contributed by atoms with van der Waals surface area (Å²) >= 11 is 0. The van der Waals surface area contributed by atoms with Crippen LogP contribution in [0.25, 0.3) is 0 Å². The van der Waals surface area contributed by atoms with Crippen molar-refractivity contribution < 1.29 is 34.1 Å². The zero-order valence-corrected chi connectivity index (χ0v) is 26.1. The van der Waals surface area contributed by atoms with Crippen LogP contribution in [0.3, 0.4) is 0 Å². The third-order valence-corrected chi connectivity index (χ3v) is 13.8. The monoisotopic (exact) mass is 570 g/mol. The predicted octanol–water partition coefficient (Wildman–Crippen LogP) is 6.83. The van der Waals surface area contributed by atoms with Crippen LogP contribution < -0.4 is 0 Å². The number of carbonyl (C=O) groups is 4. The van der Waals surface area contributed by atoms with E-state index in [2.05, 4.69) is 41.5 Å². The zero-order valence-electron chi connectivity index (χ0n) is 26.1. The minimum Gasteiger partial charge on any atom is -0.481 e. The molecule has 4 fully saturated rings. The van der Waals surface area contributed by atoms with Gasteiger partial charge in [0.15, 0.2) is 5.78 Å². The van der Waals surface area contributed by atoms with E-state index in [1.165, 1.54) is 5.57 Å². The van der Waals surface area contributed by atoms with E-state index in [-0.39, 0.29) is 69.6 Å². The second-order valence-electron chi connectivity index (χ2n) is 16.3. The van der Waals surface area contributed by atoms with E-state index in [0.29, 0.717) is 19.3 Å². The molecule has 228 valence electrons. The fourth-order valence-corrected chi connectivity index (χ4v) is 11.0. The van der Waals surface area contributed by atoms with Gasteiger partial charge >= 0.3 is 17.9 Å². The number of esters is 1. The summed E-state index contributed by atoms with van der Waals surface area (Å²) in [5.74, 6) is -1.87. The molecule has 0 aromatic rings. The molecule has 0 saturated heterocycles. The van der Waals surface area contributed by atoms with Crippen molar-refractivity contribution in [2.75, 3.05) is 0 Å². The van der Waals surface area contributed by atoms with E-state index < -0.39 is 23.3 Å². The number of carboxylic acids is 2. The van der Waals surface area contributed by atoms with Crippen LogP contribution in [0.15, 0.2) is 11.6 Å². The van der Waals surface area contributed by atoms with Gasteiger partial charge in [0.05, 0.1) is 18.3 Å². The number of ketones is 1. The number of carboxylic acid groups (broad SMARTS) is 2. The van der Waals surface area contributed by atoms with Gasteiger partial charge in [0.1, 0.15) is 6.10 Å². The molecule has 4 unspecified atom stereocenters. The molecule has 0 amide bonds. The third kappa shape index (κ3) is 4.25. The molecule has 5 aliphatic carbocycles. The number of fused-ring (bicyclic) bond motifs is 7. The van der Waals surface area contributed by atoms with E-state index in [1.807, 2.05) is 13.0 Å². The van der Waals surface area contributed by atoms with Gasteiger partial charge in [-0.15, -0.1) is 0 Å². The van der Waals surface area contributed by atoms with Gasteiger partial charge in [-0.25, -0.2) is 0 Å². The van der Waals surface area contributed by atoms with Crippen molar-refractivity contribution in [1.29, 1.82) is 0 Å². The quantitative estimate of drug-likeness (QED) is 0.348. The van der Waals surface area contributed by atoms with E-state index in [4.69, 9.17) is 9.84 Å². The number of carbonyl (C=O) groups excluding carboxylic acids is 2. The Morgan fingerprint density at radius 3 is 2.17 bits per heavy atom. The molecule has 9 atom stereocenters. The molecule has 41 heavy (non-hydrogen) atoms. The first-order valence-electron chi connectivity index (χ1n) is 15.7. The minimum atomic E-state index is -1.01. The minimum absolute atomic E-state index is 0.0233. The highest BCUT2D eigenvalue weighted by Crippen LogP contribution is 2.75. The van der Waals surface area contributed by atoms with Crippen molar-refractivity contribution in [2.24, 2.45) is 50.2 Å². The standard InChI is InChI=1S/C34H50O7/c1-29(2)23-10-13-34(7)27(32(23,5)12-11-24(29)41-26(38)9-8-25(36)37)22(35)18-20-21-19-31(4,28(39)40)15-14-30(21,3)16-17-33(20,34)6/h18,21,23-24,27H,8-17,19H2,1-7H3,(H,36,37)(H,39,40)/t21-,23?,24?,27?,30+,31-,32+,33?,34-/m0/s1. The predicted molar refractivity (Wildman–Crippen MR) is 154 cm³/mol. The molecule has 7 heteroatoms. The molecule has 0 bridgehead atoms. The van der Waals surface area contributed by atoms with Gasteiger partial charge in [-0.05, 0) is 104 Å². The average Bonchev–Trinajstić information content (AvgIpc) is 2.86. The number of aliphatic carboxylic acids is 2. The fourth-order valence-electron chi connectivity index (χ4n) is 11.0. The van der Waals surface area contributed by atoms with Crippen molar-refractivity contribution >= 4 is 23.7 Å². The van der Waals surface area contributed by atoms with Crippen molar-refractivity contribution in [3.8, 4) is 0 Å². The number of hydrogen-bond acceptors (Lipinski definition) is 5. The molecule has 5 aliphatic rings. The van der Waals surface area contributed by atoms with Crippen molar-refractivity contribution in [3.63, 3.8) is 0 Å². The first kappa shape index (κ1) is 30.3. The van der Waals surface area contributed by atoms with Crippen LogP contribution in [-0.2, 0) is 23.9 Å². The summed E-state index contributed by atoms with van der Waals surface area (Å²) in [6.45, 7) is 15.5. The number of allylic oxidation sites excluding steroid dienone is 2. The molecule has 4 saturated carbocycles. The molecular weight excluding hydrogens is 520 g/mol. The Bertz CT molecular complexity index is 1200. The maximum Gasteiger partial charge on any atom is 0.309 e. The lowest BCUT2D eigenvalue weighted by Gasteiger charge is -2.70. The van der Waals surface area contributed by atoms with Gasteiger partial charge in [0, 0.05) is 11.3 Å². The zero-order chi connectivity index (χ0) is 30.4. The Morgan fingerprint density at radius 1 is 0.878 bits per heavy atom. The van der Waals surface area contributed by atoms with Crippen LogP contribution >= 0.6 is 0 Å². The van der Waals surface area contributed by atoms with Gasteiger partial charge in [-0.3, -0.25) is 19.2 Å². The normalized spacial score (nSPS) is 46.6. The summed E-state index contributed by atoms with van der Waals surface area (Å²) in [6, 6.07) is 0. The lowest BCUT2D eigenvalue weighted by Crippen LogP contribution is -2.66. The highest BCUT2D eigenvalue weighted by molar-refractivity contribution is 5.95. The molecule has 0 aromatic carbocycles. The Labute approximate surface area is 244 Å². The van der Waals surface area contributed by atoms with Crippen LogP contribution in [0.1, 0.15) is 119 Å². The summed E-state index contributed by atoms with van der Waals surface area (Å²) in [6.07, 6.45) is 8.80. The largest absolute Gasteiger partial charge is 0.481 e. The van der Waals surface area contributed by atoms with E-state index in [9.17, 15) is 24.3 Å². The maximum atomic E-state index is 14.5. The summed E-state index contributed by atoms with van der Waals surface area (Å²) < 4.78 is 5.91. The summed E-state index contributed by atoms with van der Waals surface area (Å²) in [7, 11) is 0. The summed E-state index contributed by atoms with van der Waals surface area (Å²) in [5, 5.41) is 19.1. The lowest BCUT2D eigenvalue weighted by molar-refractivity contribution is -0.211. The molecule has 2 N–H and O–H groups in total. The number of ether oxygens (including phenoxy) is 1. The summed E-state index contributed by atoms with van der Waals surface area (Å²) in [5.41, 5.74) is -0.553. The molecule has 5 rings (SSSR count). The molecule has 0 spiro atoms. The molecule has 0 aliphatic heterocycles. The second kappa shape index (κ2) is 9.41. The van der Waals surface area contributed by atoms with Crippen molar-refractivity contribution in [3.05, 3.63) is 11.6 Å². The lowest BCUT2D eigenvalue weighted by atomic mass is 9.33. The highest BCUT2D eigenvalue weighted by atomic mass is 16.5. The number of hydrogen-bond donors (Lipinski definition) is 2. The number of rotatable bonds is 5. The Morgan fingerprint density at radius 2 is 1.54 bits per heavy atom. The average molecular weight is 571 g/mol. The Kier molecular flexibility index (Phi) is 6.95. The molecular formula is C34H50O7. The van der Waals surface area contributed by atoms with Gasteiger partial charge < -0.3 is 14.9 Å². The van der Waals surface area contributed by atoms with Gasteiger partial charge in [0.2, 0.25) is 0 Å². The fraction of sp³-hybridized carbons (Fsp3) is 0.824. The van der Waals surface area contributed by atoms with Gasteiger partial charge in [0.25, 0.3) is 0 Å². The van der Waals surface area contributed by atoms with E-state index in [0.717, 1.165) is 38.5 Å².